The Hall–Kier alpha value is -3.45. The molecule has 28 heavy (non-hydrogen) atoms. The predicted molar refractivity (Wildman–Crippen MR) is 110 cm³/mol. The van der Waals surface area contributed by atoms with Crippen molar-refractivity contribution in [2.45, 2.75) is 13.8 Å². The maximum absolute atomic E-state index is 4.93. The van der Waals surface area contributed by atoms with Crippen molar-refractivity contribution < 1.29 is 0 Å². The fraction of sp³-hybridized carbons (Fsp3) is 0.0952. The number of nitrogens with zero attached hydrogens (tertiary/aromatic N) is 6. The minimum atomic E-state index is 0.752. The van der Waals surface area contributed by atoms with Crippen molar-refractivity contribution in [2.24, 2.45) is 0 Å². The molecule has 0 fully saturated rings. The molecular weight excluding hydrogens is 368 g/mol. The zero-order chi connectivity index (χ0) is 19.1. The number of hydrogen-bond acceptors (Lipinski definition) is 6. The van der Waals surface area contributed by atoms with Gasteiger partial charge >= 0.3 is 0 Å². The van der Waals surface area contributed by atoms with Gasteiger partial charge in [-0.3, -0.25) is 4.98 Å². The highest BCUT2D eigenvalue weighted by Crippen LogP contribution is 2.35. The molecular formula is C21H16N6S. The lowest BCUT2D eigenvalue weighted by atomic mass is 10.2. The first-order valence-corrected chi connectivity index (χ1v) is 9.68. The number of rotatable bonds is 3. The van der Waals surface area contributed by atoms with E-state index in [1.165, 1.54) is 0 Å². The highest BCUT2D eigenvalue weighted by Gasteiger charge is 2.16. The number of hydrogen-bond donors (Lipinski definition) is 0. The van der Waals surface area contributed by atoms with Gasteiger partial charge in [0.1, 0.15) is 5.01 Å². The van der Waals surface area contributed by atoms with Crippen LogP contribution in [0.4, 0.5) is 0 Å². The fourth-order valence-electron chi connectivity index (χ4n) is 3.16. The average Bonchev–Trinajstić information content (AvgIpc) is 3.29. The first kappa shape index (κ1) is 16.7. The summed E-state index contributed by atoms with van der Waals surface area (Å²) in [7, 11) is 0. The molecule has 0 amide bonds. The number of thiazole rings is 1. The second kappa shape index (κ2) is 6.61. The third kappa shape index (κ3) is 2.76. The van der Waals surface area contributed by atoms with Crippen molar-refractivity contribution in [1.82, 2.24) is 29.7 Å². The SMILES string of the molecule is Cc1nc(-c2cccnc2)sc1-c1ccc2c(C)nn(-c3ccccn3)c2n1. The van der Waals surface area contributed by atoms with Crippen molar-refractivity contribution in [3.63, 3.8) is 0 Å². The molecule has 136 valence electrons. The van der Waals surface area contributed by atoms with E-state index in [0.29, 0.717) is 0 Å². The molecule has 5 aromatic rings. The number of fused-ring (bicyclic) bond motifs is 1. The number of pyridine rings is 3. The maximum Gasteiger partial charge on any atom is 0.165 e. The smallest absolute Gasteiger partial charge is 0.165 e. The molecule has 5 rings (SSSR count). The van der Waals surface area contributed by atoms with E-state index in [2.05, 4.69) is 21.1 Å². The molecule has 5 heterocycles. The largest absolute Gasteiger partial charge is 0.264 e. The Balaban J connectivity index is 1.66. The molecule has 0 aromatic carbocycles. The molecule has 6 nitrogen and oxygen atoms in total. The summed E-state index contributed by atoms with van der Waals surface area (Å²) in [6, 6.07) is 13.8. The summed E-state index contributed by atoms with van der Waals surface area (Å²) in [6.45, 7) is 4.00. The van der Waals surface area contributed by atoms with Gasteiger partial charge in [0, 0.05) is 29.5 Å². The Labute approximate surface area is 165 Å². The van der Waals surface area contributed by atoms with Crippen LogP contribution in [0.2, 0.25) is 0 Å². The maximum atomic E-state index is 4.93. The highest BCUT2D eigenvalue weighted by atomic mass is 32.1. The van der Waals surface area contributed by atoms with Crippen LogP contribution < -0.4 is 0 Å². The Kier molecular flexibility index (Phi) is 3.95. The zero-order valence-electron chi connectivity index (χ0n) is 15.4. The quantitative estimate of drug-likeness (QED) is 0.454. The minimum absolute atomic E-state index is 0.752. The van der Waals surface area contributed by atoms with Crippen molar-refractivity contribution in [3.05, 3.63) is 72.4 Å². The molecule has 0 aliphatic rings. The van der Waals surface area contributed by atoms with E-state index in [1.54, 1.807) is 28.4 Å². The Morgan fingerprint density at radius 3 is 2.61 bits per heavy atom. The highest BCUT2D eigenvalue weighted by molar-refractivity contribution is 7.18. The van der Waals surface area contributed by atoms with Gasteiger partial charge in [0.2, 0.25) is 0 Å². The van der Waals surface area contributed by atoms with E-state index < -0.39 is 0 Å². The monoisotopic (exact) mass is 384 g/mol. The van der Waals surface area contributed by atoms with Crippen molar-refractivity contribution in [1.29, 1.82) is 0 Å². The minimum Gasteiger partial charge on any atom is -0.264 e. The second-order valence-corrected chi connectivity index (χ2v) is 7.43. The standard InChI is InChI=1S/C21H16N6S/c1-13-16-8-9-17(25-20(16)27(26-13)18-7-3-4-11-23-18)19-14(2)24-21(28-19)15-6-5-10-22-12-15/h3-12H,1-2H3. The van der Waals surface area contributed by atoms with E-state index in [-0.39, 0.29) is 0 Å². The predicted octanol–water partition coefficient (Wildman–Crippen LogP) is 4.62. The normalized spacial score (nSPS) is 11.2. The van der Waals surface area contributed by atoms with E-state index in [9.17, 15) is 0 Å². The van der Waals surface area contributed by atoms with Gasteiger partial charge in [-0.25, -0.2) is 15.0 Å². The van der Waals surface area contributed by atoms with Gasteiger partial charge in [-0.15, -0.1) is 11.3 Å². The van der Waals surface area contributed by atoms with Gasteiger partial charge in [-0.2, -0.15) is 9.78 Å². The van der Waals surface area contributed by atoms with Crippen LogP contribution in [0.5, 0.6) is 0 Å². The van der Waals surface area contributed by atoms with Crippen molar-refractivity contribution in [2.75, 3.05) is 0 Å². The van der Waals surface area contributed by atoms with Crippen LogP contribution in [0, 0.1) is 13.8 Å². The van der Waals surface area contributed by atoms with E-state index >= 15 is 0 Å². The van der Waals surface area contributed by atoms with Crippen LogP contribution in [0.1, 0.15) is 11.4 Å². The summed E-state index contributed by atoms with van der Waals surface area (Å²) in [5.41, 5.74) is 4.57. The Morgan fingerprint density at radius 2 is 1.82 bits per heavy atom. The molecule has 0 bridgehead atoms. The molecule has 0 saturated carbocycles. The van der Waals surface area contributed by atoms with E-state index in [4.69, 9.17) is 9.97 Å². The zero-order valence-corrected chi connectivity index (χ0v) is 16.2. The fourth-order valence-corrected chi connectivity index (χ4v) is 4.18. The number of aromatic nitrogens is 6. The van der Waals surface area contributed by atoms with Crippen LogP contribution in [-0.4, -0.2) is 29.7 Å². The third-order valence-electron chi connectivity index (χ3n) is 4.52. The van der Waals surface area contributed by atoms with Gasteiger partial charge in [0.15, 0.2) is 11.5 Å². The lowest BCUT2D eigenvalue weighted by molar-refractivity contribution is 0.847. The molecule has 0 N–H and O–H groups in total. The van der Waals surface area contributed by atoms with Gasteiger partial charge in [0.05, 0.1) is 22.0 Å². The lowest BCUT2D eigenvalue weighted by Gasteiger charge is -2.03. The Morgan fingerprint density at radius 1 is 0.893 bits per heavy atom. The first-order chi connectivity index (χ1) is 13.7. The summed E-state index contributed by atoms with van der Waals surface area (Å²) in [5.74, 6) is 0.752. The molecule has 7 heteroatoms. The molecule has 0 aliphatic carbocycles. The molecule has 0 radical (unpaired) electrons. The van der Waals surface area contributed by atoms with Crippen LogP contribution in [0.25, 0.3) is 38.0 Å². The summed E-state index contributed by atoms with van der Waals surface area (Å²) in [4.78, 5) is 19.3. The summed E-state index contributed by atoms with van der Waals surface area (Å²) >= 11 is 1.62. The van der Waals surface area contributed by atoms with Crippen LogP contribution in [0.15, 0.2) is 61.1 Å². The topological polar surface area (TPSA) is 69.4 Å². The molecule has 0 saturated heterocycles. The van der Waals surface area contributed by atoms with Gasteiger partial charge < -0.3 is 0 Å². The Bertz CT molecular complexity index is 1270. The van der Waals surface area contributed by atoms with Gasteiger partial charge in [-0.1, -0.05) is 6.07 Å². The summed E-state index contributed by atoms with van der Waals surface area (Å²) < 4.78 is 1.80. The average molecular weight is 384 g/mol. The molecule has 0 atom stereocenters. The molecule has 0 aliphatic heterocycles. The molecule has 5 aromatic heterocycles. The summed E-state index contributed by atoms with van der Waals surface area (Å²) in [6.07, 6.45) is 5.36. The van der Waals surface area contributed by atoms with Crippen LogP contribution in [-0.2, 0) is 0 Å². The number of aryl methyl sites for hydroxylation is 2. The first-order valence-electron chi connectivity index (χ1n) is 8.87. The van der Waals surface area contributed by atoms with Gasteiger partial charge in [-0.05, 0) is 50.2 Å². The second-order valence-electron chi connectivity index (χ2n) is 6.43. The van der Waals surface area contributed by atoms with Crippen LogP contribution >= 0.6 is 11.3 Å². The third-order valence-corrected chi connectivity index (χ3v) is 5.75. The van der Waals surface area contributed by atoms with E-state index in [0.717, 1.165) is 49.4 Å². The van der Waals surface area contributed by atoms with Gasteiger partial charge in [0.25, 0.3) is 0 Å². The van der Waals surface area contributed by atoms with E-state index in [1.807, 2.05) is 56.4 Å². The molecule has 0 unspecified atom stereocenters. The summed E-state index contributed by atoms with van der Waals surface area (Å²) in [5, 5.41) is 6.60. The lowest BCUT2D eigenvalue weighted by Crippen LogP contribution is -2.00. The van der Waals surface area contributed by atoms with Crippen LogP contribution in [0.3, 0.4) is 0 Å². The molecule has 0 spiro atoms. The van der Waals surface area contributed by atoms with Crippen molar-refractivity contribution >= 4 is 22.4 Å². The van der Waals surface area contributed by atoms with Crippen molar-refractivity contribution in [3.8, 4) is 27.0 Å².